The summed E-state index contributed by atoms with van der Waals surface area (Å²) in [5.74, 6) is 0. The van der Waals surface area contributed by atoms with Gasteiger partial charge in [0, 0.05) is 0 Å². The van der Waals surface area contributed by atoms with Gasteiger partial charge in [-0.25, -0.2) is 13.7 Å². The number of rotatable bonds is 0. The molecular formula is H19Ca4O13P3. The molecule has 0 amide bonds. The van der Waals surface area contributed by atoms with Gasteiger partial charge in [-0.2, -0.15) is 0 Å². The van der Waals surface area contributed by atoms with E-state index in [1.54, 1.807) is 0 Å². The van der Waals surface area contributed by atoms with Crippen LogP contribution >= 0.6 is 23.5 Å². The Morgan fingerprint density at radius 2 is 0.400 bits per heavy atom. The molecule has 0 unspecified atom stereocenters. The summed E-state index contributed by atoms with van der Waals surface area (Å²) in [5.41, 5.74) is 0. The van der Waals surface area contributed by atoms with Crippen LogP contribution in [0, 0.1) is 0 Å². The van der Waals surface area contributed by atoms with Gasteiger partial charge in [0.05, 0.1) is 0 Å². The van der Waals surface area contributed by atoms with Crippen LogP contribution in [0.25, 0.3) is 0 Å². The van der Waals surface area contributed by atoms with Gasteiger partial charge in [0.25, 0.3) is 0 Å². The Morgan fingerprint density at radius 1 is 0.400 bits per heavy atom. The molecule has 0 bridgehead atoms. The van der Waals surface area contributed by atoms with Crippen molar-refractivity contribution >= 4 is 174 Å². The monoisotopic (exact) mass is 480 g/mol. The molecule has 0 aliphatic rings. The maximum atomic E-state index is 8.88. The predicted octanol–water partition coefficient (Wildman–Crippen LogP) is -7.28. The molecule has 0 radical (unpaired) electrons. The van der Waals surface area contributed by atoms with Crippen molar-refractivity contribution in [3.05, 3.63) is 0 Å². The van der Waals surface area contributed by atoms with E-state index < -0.39 is 23.5 Å². The van der Waals surface area contributed by atoms with Crippen molar-refractivity contribution in [3.8, 4) is 0 Å². The van der Waals surface area contributed by atoms with E-state index in [-0.39, 0.29) is 156 Å². The SMILES string of the molecule is O.O=P(O)(O)O.O=P(O)(O)O.O=P(O)(O)O.[CaH2].[CaH2].[CaH2].[CaH2]. The zero-order valence-corrected chi connectivity index (χ0v) is 9.77. The Labute approximate surface area is 232 Å². The third kappa shape index (κ3) is 410. The topological polar surface area (TPSA) is 265 Å². The van der Waals surface area contributed by atoms with Gasteiger partial charge in [0.1, 0.15) is 0 Å². The number of phosphoric acid groups is 3. The Balaban J connectivity index is -0.0000000160. The number of hydrogen-bond donors (Lipinski definition) is 9. The van der Waals surface area contributed by atoms with Crippen LogP contribution < -0.4 is 0 Å². The average Bonchev–Trinajstić information content (AvgIpc) is 1.41. The summed E-state index contributed by atoms with van der Waals surface area (Å²) in [6, 6.07) is 0. The van der Waals surface area contributed by atoms with Crippen molar-refractivity contribution in [2.75, 3.05) is 0 Å². The fourth-order valence-corrected chi connectivity index (χ4v) is 0. The summed E-state index contributed by atoms with van der Waals surface area (Å²) in [6.07, 6.45) is 0. The third-order valence-electron chi connectivity index (χ3n) is 0. The standard InChI is InChI=1S/4Ca.3H3O4P.H2O.8H/c;;;;3*1-5(2,3)4;;;;;;;;;/h;;;;3*(H3,1,2,3,4);1H2;;;;;;;;. The molecular weight excluding hydrogens is 461 g/mol. The molecule has 0 heterocycles. The van der Waals surface area contributed by atoms with Crippen LogP contribution in [-0.2, 0) is 13.7 Å². The summed E-state index contributed by atoms with van der Waals surface area (Å²) < 4.78 is 26.6. The molecule has 0 atom stereocenters. The zero-order chi connectivity index (χ0) is 13.5. The minimum absolute atomic E-state index is 0. The molecule has 0 aromatic heterocycles. The molecule has 0 fully saturated rings. The van der Waals surface area contributed by atoms with E-state index >= 15 is 0 Å². The van der Waals surface area contributed by atoms with Crippen LogP contribution in [0.2, 0.25) is 0 Å². The molecule has 0 aromatic carbocycles. The maximum absolute atomic E-state index is 8.88. The van der Waals surface area contributed by atoms with Crippen molar-refractivity contribution < 1.29 is 63.2 Å². The summed E-state index contributed by atoms with van der Waals surface area (Å²) in [4.78, 5) is 64.7. The van der Waals surface area contributed by atoms with E-state index in [2.05, 4.69) is 0 Å². The Kier molecular flexibility index (Phi) is 60.7. The summed E-state index contributed by atoms with van der Waals surface area (Å²) in [5, 5.41) is 0. The van der Waals surface area contributed by atoms with Crippen molar-refractivity contribution in [2.24, 2.45) is 0 Å². The first-order chi connectivity index (χ1) is 6.00. The van der Waals surface area contributed by atoms with E-state index in [0.717, 1.165) is 0 Å². The summed E-state index contributed by atoms with van der Waals surface area (Å²) >= 11 is 0. The Bertz CT molecular complexity index is 212. The fraction of sp³-hybridized carbons (Fsp3) is 0. The van der Waals surface area contributed by atoms with Gasteiger partial charge in [-0.05, 0) is 0 Å². The van der Waals surface area contributed by atoms with Gasteiger partial charge in [0.15, 0.2) is 0 Å². The fourth-order valence-electron chi connectivity index (χ4n) is 0. The molecule has 120 valence electrons. The van der Waals surface area contributed by atoms with Crippen LogP contribution in [0.4, 0.5) is 0 Å². The second-order valence-electron chi connectivity index (χ2n) is 1.54. The van der Waals surface area contributed by atoms with Crippen molar-refractivity contribution in [1.82, 2.24) is 0 Å². The van der Waals surface area contributed by atoms with E-state index in [1.165, 1.54) is 0 Å². The first-order valence-corrected chi connectivity index (χ1v) is 7.04. The molecule has 0 aliphatic carbocycles. The van der Waals surface area contributed by atoms with E-state index in [9.17, 15) is 0 Å². The van der Waals surface area contributed by atoms with Gasteiger partial charge in [-0.15, -0.1) is 0 Å². The predicted molar refractivity (Wildman–Crippen MR) is 80.6 cm³/mol. The number of hydrogen-bond acceptors (Lipinski definition) is 3. The van der Waals surface area contributed by atoms with Crippen LogP contribution in [0.1, 0.15) is 0 Å². The van der Waals surface area contributed by atoms with Crippen molar-refractivity contribution in [3.63, 3.8) is 0 Å². The first kappa shape index (κ1) is 49.9. The molecule has 0 saturated heterocycles. The van der Waals surface area contributed by atoms with Crippen LogP contribution in [0.15, 0.2) is 0 Å². The van der Waals surface area contributed by atoms with Crippen LogP contribution in [0.5, 0.6) is 0 Å². The van der Waals surface area contributed by atoms with Crippen LogP contribution in [0.3, 0.4) is 0 Å². The Morgan fingerprint density at radius 3 is 0.400 bits per heavy atom. The van der Waals surface area contributed by atoms with Gasteiger partial charge in [0.2, 0.25) is 0 Å². The summed E-state index contributed by atoms with van der Waals surface area (Å²) in [7, 11) is -13.9. The Hall–Kier alpha value is 5.33. The molecule has 0 aromatic rings. The quantitative estimate of drug-likeness (QED) is 0.116. The van der Waals surface area contributed by atoms with E-state index in [4.69, 9.17) is 57.7 Å². The van der Waals surface area contributed by atoms with E-state index in [0.29, 0.717) is 0 Å². The van der Waals surface area contributed by atoms with Gasteiger partial charge < -0.3 is 49.5 Å². The molecule has 0 aliphatic heterocycles. The molecule has 0 saturated carbocycles. The average molecular weight is 480 g/mol. The second-order valence-corrected chi connectivity index (χ2v) is 4.62. The first-order valence-electron chi connectivity index (χ1n) is 2.35. The van der Waals surface area contributed by atoms with Gasteiger partial charge in [-0.3, -0.25) is 0 Å². The molecule has 20 heteroatoms. The molecule has 13 nitrogen and oxygen atoms in total. The second kappa shape index (κ2) is 24.3. The van der Waals surface area contributed by atoms with Crippen molar-refractivity contribution in [2.45, 2.75) is 0 Å². The zero-order valence-electron chi connectivity index (χ0n) is 7.09. The molecule has 0 spiro atoms. The van der Waals surface area contributed by atoms with Crippen molar-refractivity contribution in [1.29, 1.82) is 0 Å². The van der Waals surface area contributed by atoms with Crippen LogP contribution in [-0.4, -0.2) is 200 Å². The van der Waals surface area contributed by atoms with E-state index in [1.807, 2.05) is 0 Å². The third-order valence-corrected chi connectivity index (χ3v) is 0. The molecule has 20 heavy (non-hydrogen) atoms. The van der Waals surface area contributed by atoms with Gasteiger partial charge in [-0.1, -0.05) is 0 Å². The summed E-state index contributed by atoms with van der Waals surface area (Å²) in [6.45, 7) is 0. The van der Waals surface area contributed by atoms with Gasteiger partial charge >= 0.3 is 174 Å². The molecule has 0 rings (SSSR count). The minimum atomic E-state index is -4.64. The molecule has 11 N–H and O–H groups in total. The normalized spacial score (nSPS) is 8.85.